The first-order chi connectivity index (χ1) is 22.2. The summed E-state index contributed by atoms with van der Waals surface area (Å²) in [6, 6.07) is -8.54. The van der Waals surface area contributed by atoms with Crippen LogP contribution in [0.3, 0.4) is 0 Å². The van der Waals surface area contributed by atoms with Gasteiger partial charge in [0, 0.05) is 21.9 Å². The minimum absolute atomic E-state index is 0.00149. The molecule has 0 amide bonds. The summed E-state index contributed by atoms with van der Waals surface area (Å²) in [5.41, 5.74) is -2.72. The van der Waals surface area contributed by atoms with Crippen LogP contribution >= 0.6 is 0 Å². The number of hydrogen-bond acceptors (Lipinski definition) is 2. The van der Waals surface area contributed by atoms with E-state index in [1.807, 2.05) is 0 Å². The molecule has 0 spiro atoms. The van der Waals surface area contributed by atoms with Gasteiger partial charge in [0.05, 0.1) is 41.4 Å². The summed E-state index contributed by atoms with van der Waals surface area (Å²) in [4.78, 5) is 0. The molecule has 0 saturated carbocycles. The molecule has 2 heterocycles. The van der Waals surface area contributed by atoms with Crippen molar-refractivity contribution >= 4 is 55.9 Å². The third kappa shape index (κ3) is 2.50. The van der Waals surface area contributed by atoms with Gasteiger partial charge in [0.2, 0.25) is 0 Å². The zero-order valence-electron chi connectivity index (χ0n) is 32.8. The van der Waals surface area contributed by atoms with E-state index in [1.165, 1.54) is 0 Å². The van der Waals surface area contributed by atoms with Crippen molar-refractivity contribution in [3.8, 4) is 5.69 Å². The maximum Gasteiger partial charge on any atom is 0.497 e. The van der Waals surface area contributed by atoms with E-state index in [4.69, 9.17) is 25.8 Å². The molecule has 1 fully saturated rings. The van der Waals surface area contributed by atoms with Crippen molar-refractivity contribution < 1.29 is 28.5 Å². The van der Waals surface area contributed by atoms with E-state index >= 15 is 0 Å². The molecule has 34 heavy (non-hydrogen) atoms. The van der Waals surface area contributed by atoms with Gasteiger partial charge in [-0.25, -0.2) is 0 Å². The van der Waals surface area contributed by atoms with Crippen LogP contribution < -0.4 is 5.46 Å². The maximum absolute atomic E-state index is 9.35. The molecular weight excluding hydrogens is 417 g/mol. The molecule has 7 rings (SSSR count). The molecule has 4 heteroatoms. The molecule has 0 N–H and O–H groups in total. The molecule has 1 aromatic heterocycles. The SMILES string of the molecule is [2H]c1c([2H])c([2H])c(-n2c3c([2H])c([2H])c([2H])c4c5c([2H])c([2H])c([2H])c([2H])c5c5c([2H])c([2H])c(B6OC(C)(C)C(C)(C)O6)c2c5c43)c([2H])c1[2H]. The first-order valence-electron chi connectivity index (χ1n) is 17.8. The first-order valence-corrected chi connectivity index (χ1v) is 10.8. The van der Waals surface area contributed by atoms with Crippen molar-refractivity contribution in [1.29, 1.82) is 0 Å². The Kier molecular flexibility index (Phi) is 2.05. The summed E-state index contributed by atoms with van der Waals surface area (Å²) in [6.45, 7) is 7.07. The van der Waals surface area contributed by atoms with Crippen molar-refractivity contribution in [3.63, 3.8) is 0 Å². The quantitative estimate of drug-likeness (QED) is 0.210. The van der Waals surface area contributed by atoms with Gasteiger partial charge < -0.3 is 13.9 Å². The number of fused-ring (bicyclic) bond motifs is 3. The second-order valence-corrected chi connectivity index (χ2v) is 9.38. The van der Waals surface area contributed by atoms with Gasteiger partial charge in [-0.15, -0.1) is 0 Å². The van der Waals surface area contributed by atoms with E-state index in [0.717, 1.165) is 4.57 Å². The second-order valence-electron chi connectivity index (χ2n) is 9.38. The molecule has 0 radical (unpaired) electrons. The van der Waals surface area contributed by atoms with Crippen LogP contribution in [0.15, 0.2) is 84.6 Å². The van der Waals surface area contributed by atoms with E-state index in [-0.39, 0.29) is 48.8 Å². The molecule has 0 unspecified atom stereocenters. The minimum atomic E-state index is -1.36. The van der Waals surface area contributed by atoms with Crippen molar-refractivity contribution in [3.05, 3.63) is 84.6 Å². The Balaban J connectivity index is 1.92. The van der Waals surface area contributed by atoms with Crippen LogP contribution in [0.25, 0.3) is 49.0 Å². The molecule has 0 atom stereocenters. The van der Waals surface area contributed by atoms with Gasteiger partial charge >= 0.3 is 7.12 Å². The van der Waals surface area contributed by atoms with E-state index in [1.54, 1.807) is 27.7 Å². The van der Waals surface area contributed by atoms with Crippen LogP contribution in [-0.4, -0.2) is 22.9 Å². The Morgan fingerprint density at radius 2 is 1.24 bits per heavy atom. The predicted molar refractivity (Wildman–Crippen MR) is 143 cm³/mol. The second kappa shape index (κ2) is 6.62. The summed E-state index contributed by atoms with van der Waals surface area (Å²) in [7, 11) is -1.36. The summed E-state index contributed by atoms with van der Waals surface area (Å²) < 4.78 is 137. The molecule has 0 aliphatic carbocycles. The highest BCUT2D eigenvalue weighted by molar-refractivity contribution is 6.66. The lowest BCUT2D eigenvalue weighted by Gasteiger charge is -2.32. The lowest BCUT2D eigenvalue weighted by atomic mass is 9.76. The molecular formula is C30H26BNO2. The summed E-state index contributed by atoms with van der Waals surface area (Å²) in [6.07, 6.45) is 0. The zero-order chi connectivity index (χ0) is 35.4. The lowest BCUT2D eigenvalue weighted by Crippen LogP contribution is -2.41. The maximum atomic E-state index is 9.35. The van der Waals surface area contributed by atoms with Crippen molar-refractivity contribution in [2.45, 2.75) is 38.9 Å². The molecule has 5 aromatic carbocycles. The summed E-state index contributed by atoms with van der Waals surface area (Å²) in [5, 5.41) is -0.624. The largest absolute Gasteiger partial charge is 0.497 e. The number of para-hydroxylation sites is 1. The van der Waals surface area contributed by atoms with E-state index < -0.39 is 109 Å². The third-order valence-corrected chi connectivity index (χ3v) is 7.00. The number of rotatable bonds is 2. The van der Waals surface area contributed by atoms with Crippen molar-refractivity contribution in [2.75, 3.05) is 0 Å². The fourth-order valence-electron chi connectivity index (χ4n) is 4.67. The highest BCUT2D eigenvalue weighted by Gasteiger charge is 2.52. The van der Waals surface area contributed by atoms with Crippen LogP contribution in [0.1, 0.15) is 46.9 Å². The summed E-state index contributed by atoms with van der Waals surface area (Å²) in [5.74, 6) is 0. The summed E-state index contributed by atoms with van der Waals surface area (Å²) >= 11 is 0. The van der Waals surface area contributed by atoms with E-state index in [9.17, 15) is 2.74 Å². The number of aromatic nitrogens is 1. The molecule has 1 aliphatic rings. The number of nitrogens with zero attached hydrogens (tertiary/aromatic N) is 1. The first kappa shape index (κ1) is 10.5. The normalized spacial score (nSPS) is 23.4. The van der Waals surface area contributed by atoms with Gasteiger partial charge in [-0.1, -0.05) is 66.5 Å². The zero-order valence-corrected chi connectivity index (χ0v) is 18.8. The Bertz CT molecular complexity index is 2430. The van der Waals surface area contributed by atoms with E-state index in [2.05, 4.69) is 0 Å². The van der Waals surface area contributed by atoms with Crippen LogP contribution in [0.5, 0.6) is 0 Å². The monoisotopic (exact) mass is 457 g/mol. The fourth-order valence-corrected chi connectivity index (χ4v) is 4.67. The molecule has 166 valence electrons. The molecule has 3 nitrogen and oxygen atoms in total. The van der Waals surface area contributed by atoms with Crippen LogP contribution in [-0.2, 0) is 9.31 Å². The smallest absolute Gasteiger partial charge is 0.399 e. The number of benzene rings is 5. The Morgan fingerprint density at radius 3 is 1.91 bits per heavy atom. The lowest BCUT2D eigenvalue weighted by molar-refractivity contribution is 0.00578. The molecule has 6 aromatic rings. The Labute approximate surface area is 219 Å². The fraction of sp³-hybridized carbons (Fsp3) is 0.200. The topological polar surface area (TPSA) is 23.4 Å². The van der Waals surface area contributed by atoms with Crippen LogP contribution in [0, 0.1) is 0 Å². The highest BCUT2D eigenvalue weighted by atomic mass is 16.7. The van der Waals surface area contributed by atoms with Crippen LogP contribution in [0.4, 0.5) is 0 Å². The third-order valence-electron chi connectivity index (χ3n) is 7.00. The molecule has 0 bridgehead atoms. The van der Waals surface area contributed by atoms with Gasteiger partial charge in [0.25, 0.3) is 0 Å². The highest BCUT2D eigenvalue weighted by Crippen LogP contribution is 2.44. The molecule has 1 saturated heterocycles. The van der Waals surface area contributed by atoms with Gasteiger partial charge in [-0.3, -0.25) is 0 Å². The van der Waals surface area contributed by atoms with Crippen molar-refractivity contribution in [2.24, 2.45) is 0 Å². The average Bonchev–Trinajstić information content (AvgIpc) is 3.46. The van der Waals surface area contributed by atoms with Crippen LogP contribution in [0.2, 0.25) is 0 Å². The standard InChI is InChI=1S/C30H26BNO2/c1-29(2)30(3,4)34-31(33-29)24-18-17-23-21-14-9-8-13-20(21)22-15-10-16-25-26(22)27(23)28(24)32(25)19-11-6-5-7-12-19/h5-18H,1-4H3/i5D,6D,7D,8D,9D,10D,11D,12D,13D,14D,15D,16D,17D,18D. The Hall–Kier alpha value is -3.34. The van der Waals surface area contributed by atoms with Gasteiger partial charge in [0.15, 0.2) is 0 Å². The van der Waals surface area contributed by atoms with Gasteiger partial charge in [-0.2, -0.15) is 0 Å². The molecule has 1 aliphatic heterocycles. The van der Waals surface area contributed by atoms with E-state index in [0.29, 0.717) is 0 Å². The average molecular weight is 457 g/mol. The van der Waals surface area contributed by atoms with Gasteiger partial charge in [-0.05, 0) is 67.4 Å². The number of hydrogen-bond donors (Lipinski definition) is 0. The van der Waals surface area contributed by atoms with Crippen molar-refractivity contribution in [1.82, 2.24) is 4.57 Å². The Morgan fingerprint density at radius 1 is 0.647 bits per heavy atom. The van der Waals surface area contributed by atoms with Gasteiger partial charge in [0.1, 0.15) is 0 Å². The minimum Gasteiger partial charge on any atom is -0.399 e. The predicted octanol–water partition coefficient (Wildman–Crippen LogP) is 6.83.